The molecule has 17 heavy (non-hydrogen) atoms. The lowest BCUT2D eigenvalue weighted by molar-refractivity contribution is -0.168. The highest BCUT2D eigenvalue weighted by Gasteiger charge is 2.51. The Kier molecular flexibility index (Phi) is 3.74. The lowest BCUT2D eigenvalue weighted by atomic mass is 9.98. The molecule has 1 saturated heterocycles. The van der Waals surface area contributed by atoms with Crippen LogP contribution in [0.15, 0.2) is 9.66 Å². The van der Waals surface area contributed by atoms with Crippen LogP contribution in [-0.4, -0.2) is 35.4 Å². The van der Waals surface area contributed by atoms with Gasteiger partial charge >= 0.3 is 5.97 Å². The summed E-state index contributed by atoms with van der Waals surface area (Å²) in [5, 5.41) is -0.385. The van der Waals surface area contributed by atoms with E-state index in [-0.39, 0.29) is 23.6 Å². The van der Waals surface area contributed by atoms with Gasteiger partial charge in [0.05, 0.1) is 5.38 Å². The van der Waals surface area contributed by atoms with Crippen LogP contribution < -0.4 is 0 Å². The molecule has 6 heteroatoms. The Morgan fingerprint density at radius 2 is 2.18 bits per heavy atom. The van der Waals surface area contributed by atoms with E-state index < -0.39 is 11.9 Å². The average Bonchev–Trinajstić information content (AvgIpc) is 2.49. The van der Waals surface area contributed by atoms with E-state index in [1.54, 1.807) is 0 Å². The second-order valence-electron chi connectivity index (χ2n) is 4.59. The van der Waals surface area contributed by atoms with E-state index in [0.717, 1.165) is 3.58 Å². The first-order chi connectivity index (χ1) is 7.80. The molecular formula is C11H14ClIO4. The van der Waals surface area contributed by atoms with E-state index in [2.05, 4.69) is 22.6 Å². The van der Waals surface area contributed by atoms with Gasteiger partial charge in [0.15, 0.2) is 11.9 Å². The Labute approximate surface area is 119 Å². The zero-order chi connectivity index (χ0) is 12.8. The summed E-state index contributed by atoms with van der Waals surface area (Å²) in [4.78, 5) is 11.1. The molecule has 0 bridgehead atoms. The molecule has 2 rings (SSSR count). The van der Waals surface area contributed by atoms with Crippen molar-refractivity contribution in [1.29, 1.82) is 0 Å². The van der Waals surface area contributed by atoms with E-state index in [1.165, 1.54) is 6.92 Å². The predicted octanol–water partition coefficient (Wildman–Crippen LogP) is 2.38. The van der Waals surface area contributed by atoms with Crippen molar-refractivity contribution >= 4 is 40.2 Å². The van der Waals surface area contributed by atoms with Gasteiger partial charge in [-0.3, -0.25) is 4.79 Å². The summed E-state index contributed by atoms with van der Waals surface area (Å²) < 4.78 is 17.8. The summed E-state index contributed by atoms with van der Waals surface area (Å²) in [5.74, 6) is -1.04. The molecule has 0 amide bonds. The van der Waals surface area contributed by atoms with Crippen molar-refractivity contribution < 1.29 is 19.0 Å². The van der Waals surface area contributed by atoms with Crippen molar-refractivity contribution in [2.24, 2.45) is 0 Å². The number of carbonyl (C=O) groups is 1. The molecule has 96 valence electrons. The van der Waals surface area contributed by atoms with Gasteiger partial charge in [-0.1, -0.05) is 6.08 Å². The Hall–Kier alpha value is 0.150. The molecule has 4 nitrogen and oxygen atoms in total. The van der Waals surface area contributed by atoms with Crippen molar-refractivity contribution in [2.75, 3.05) is 0 Å². The number of carbonyl (C=O) groups excluding carboxylic acids is 1. The van der Waals surface area contributed by atoms with Crippen LogP contribution in [0.25, 0.3) is 0 Å². The third-order valence-corrected chi connectivity index (χ3v) is 4.01. The van der Waals surface area contributed by atoms with E-state index in [0.29, 0.717) is 0 Å². The van der Waals surface area contributed by atoms with Crippen LogP contribution in [0.2, 0.25) is 0 Å². The number of hydrogen-bond acceptors (Lipinski definition) is 4. The molecule has 0 unspecified atom stereocenters. The zero-order valence-electron chi connectivity index (χ0n) is 9.78. The second kappa shape index (κ2) is 4.68. The SMILES string of the molecule is CC(=O)O[C@H]1[C@@H]2OC(C)(C)O[C@@H]2C(I)=C[C@@H]1Cl. The molecule has 1 aliphatic heterocycles. The van der Waals surface area contributed by atoms with Gasteiger partial charge in [0, 0.05) is 10.5 Å². The molecule has 4 atom stereocenters. The minimum absolute atomic E-state index is 0.204. The summed E-state index contributed by atoms with van der Waals surface area (Å²) in [5.41, 5.74) is 0. The highest BCUT2D eigenvalue weighted by atomic mass is 127. The maximum Gasteiger partial charge on any atom is 0.303 e. The lowest BCUT2D eigenvalue weighted by Crippen LogP contribution is -2.46. The fraction of sp³-hybridized carbons (Fsp3) is 0.727. The van der Waals surface area contributed by atoms with Crippen molar-refractivity contribution in [3.8, 4) is 0 Å². The molecule has 2 aliphatic rings. The second-order valence-corrected chi connectivity index (χ2v) is 6.34. The number of hydrogen-bond donors (Lipinski definition) is 0. The lowest BCUT2D eigenvalue weighted by Gasteiger charge is -2.32. The summed E-state index contributed by atoms with van der Waals surface area (Å²) in [6.07, 6.45) is 0.805. The van der Waals surface area contributed by atoms with Crippen LogP contribution >= 0.6 is 34.2 Å². The molecule has 0 aromatic carbocycles. The predicted molar refractivity (Wildman–Crippen MR) is 71.1 cm³/mol. The van der Waals surface area contributed by atoms with Crippen molar-refractivity contribution in [2.45, 2.75) is 50.2 Å². The van der Waals surface area contributed by atoms with Crippen LogP contribution in [0, 0.1) is 0 Å². The molecule has 0 radical (unpaired) electrons. The van der Waals surface area contributed by atoms with Crippen LogP contribution in [0.3, 0.4) is 0 Å². The number of fused-ring (bicyclic) bond motifs is 1. The largest absolute Gasteiger partial charge is 0.458 e. The molecular weight excluding hydrogens is 358 g/mol. The normalized spacial score (nSPS) is 39.5. The van der Waals surface area contributed by atoms with Crippen molar-refractivity contribution in [1.82, 2.24) is 0 Å². The van der Waals surface area contributed by atoms with E-state index in [1.807, 2.05) is 19.9 Å². The summed E-state index contributed by atoms with van der Waals surface area (Å²) in [7, 11) is 0. The summed E-state index contributed by atoms with van der Waals surface area (Å²) in [6, 6.07) is 0. The van der Waals surface area contributed by atoms with Crippen LogP contribution in [0.1, 0.15) is 20.8 Å². The van der Waals surface area contributed by atoms with Gasteiger partial charge in [-0.15, -0.1) is 11.6 Å². The average molecular weight is 373 g/mol. The van der Waals surface area contributed by atoms with Crippen LogP contribution in [-0.2, 0) is 19.0 Å². The quantitative estimate of drug-likeness (QED) is 0.403. The molecule has 1 fully saturated rings. The van der Waals surface area contributed by atoms with Gasteiger partial charge in [0.2, 0.25) is 0 Å². The Bertz CT molecular complexity index is 368. The molecule has 0 aromatic rings. The summed E-state index contributed by atoms with van der Waals surface area (Å²) in [6.45, 7) is 5.04. The fourth-order valence-electron chi connectivity index (χ4n) is 2.09. The van der Waals surface area contributed by atoms with Crippen LogP contribution in [0.4, 0.5) is 0 Å². The number of rotatable bonds is 1. The standard InChI is InChI=1S/C11H14ClIO4/c1-5(14)15-8-6(12)4-7(13)9-10(8)17-11(2,3)16-9/h4,6,8-10H,1-3H3/t6-,8+,9+,10-/m0/s1. The molecule has 0 N–H and O–H groups in total. The number of ether oxygens (including phenoxy) is 3. The summed E-state index contributed by atoms with van der Waals surface area (Å²) >= 11 is 8.37. The number of alkyl halides is 1. The Morgan fingerprint density at radius 3 is 2.76 bits per heavy atom. The minimum atomic E-state index is -0.682. The monoisotopic (exact) mass is 372 g/mol. The molecule has 0 saturated carbocycles. The van der Waals surface area contributed by atoms with Gasteiger partial charge in [-0.05, 0) is 36.4 Å². The van der Waals surface area contributed by atoms with Gasteiger partial charge in [0.25, 0.3) is 0 Å². The molecule has 1 heterocycles. The zero-order valence-corrected chi connectivity index (χ0v) is 12.7. The highest BCUT2D eigenvalue weighted by molar-refractivity contribution is 14.1. The fourth-order valence-corrected chi connectivity index (χ4v) is 3.50. The minimum Gasteiger partial charge on any atom is -0.458 e. The molecule has 1 aliphatic carbocycles. The molecule has 0 aromatic heterocycles. The van der Waals surface area contributed by atoms with Gasteiger partial charge in [0.1, 0.15) is 12.2 Å². The maximum absolute atomic E-state index is 11.1. The van der Waals surface area contributed by atoms with Crippen molar-refractivity contribution in [3.05, 3.63) is 9.66 Å². The highest BCUT2D eigenvalue weighted by Crippen LogP contribution is 2.41. The third-order valence-electron chi connectivity index (χ3n) is 2.66. The smallest absolute Gasteiger partial charge is 0.303 e. The maximum atomic E-state index is 11.1. The van der Waals surface area contributed by atoms with Gasteiger partial charge in [-0.25, -0.2) is 0 Å². The number of esters is 1. The molecule has 0 spiro atoms. The Morgan fingerprint density at radius 1 is 1.53 bits per heavy atom. The van der Waals surface area contributed by atoms with Crippen molar-refractivity contribution in [3.63, 3.8) is 0 Å². The van der Waals surface area contributed by atoms with Gasteiger partial charge in [-0.2, -0.15) is 0 Å². The number of halogens is 2. The Balaban J connectivity index is 2.26. The topological polar surface area (TPSA) is 44.8 Å². The first kappa shape index (κ1) is 13.6. The van der Waals surface area contributed by atoms with E-state index >= 15 is 0 Å². The van der Waals surface area contributed by atoms with E-state index in [4.69, 9.17) is 25.8 Å². The van der Waals surface area contributed by atoms with Gasteiger partial charge < -0.3 is 14.2 Å². The van der Waals surface area contributed by atoms with E-state index in [9.17, 15) is 4.79 Å². The van der Waals surface area contributed by atoms with Crippen LogP contribution in [0.5, 0.6) is 0 Å². The third kappa shape index (κ3) is 2.77. The first-order valence-electron chi connectivity index (χ1n) is 5.34. The first-order valence-corrected chi connectivity index (χ1v) is 6.86.